The highest BCUT2D eigenvalue weighted by Crippen LogP contribution is 2.07. The van der Waals surface area contributed by atoms with Gasteiger partial charge in [-0.15, -0.1) is 0 Å². The molecule has 1 aliphatic rings. The summed E-state index contributed by atoms with van der Waals surface area (Å²) in [5.74, 6) is -0.572. The van der Waals surface area contributed by atoms with Gasteiger partial charge in [-0.25, -0.2) is 9.59 Å². The van der Waals surface area contributed by atoms with E-state index in [0.717, 1.165) is 38.5 Å². The second kappa shape index (κ2) is 11.3. The van der Waals surface area contributed by atoms with Crippen molar-refractivity contribution < 1.29 is 19.1 Å². The second-order valence-electron chi connectivity index (χ2n) is 4.84. The average Bonchev–Trinajstić information content (AvgIpc) is 2.43. The molecule has 0 saturated heterocycles. The van der Waals surface area contributed by atoms with Gasteiger partial charge in [-0.3, -0.25) is 0 Å². The van der Waals surface area contributed by atoms with Crippen molar-refractivity contribution in [3.63, 3.8) is 0 Å². The van der Waals surface area contributed by atoms with Gasteiger partial charge in [0.15, 0.2) is 0 Å². The quantitative estimate of drug-likeness (QED) is 0.639. The van der Waals surface area contributed by atoms with Gasteiger partial charge < -0.3 is 9.47 Å². The lowest BCUT2D eigenvalue weighted by Gasteiger charge is -2.03. The van der Waals surface area contributed by atoms with Crippen molar-refractivity contribution in [2.45, 2.75) is 51.4 Å². The third-order valence-electron chi connectivity index (χ3n) is 3.03. The van der Waals surface area contributed by atoms with E-state index in [0.29, 0.717) is 26.1 Å². The molecule has 0 fully saturated rings. The number of cyclic esters (lactones) is 2. The Morgan fingerprint density at radius 2 is 1.10 bits per heavy atom. The number of hydrogen-bond acceptors (Lipinski definition) is 4. The van der Waals surface area contributed by atoms with Crippen LogP contribution in [0.1, 0.15) is 51.4 Å². The van der Waals surface area contributed by atoms with E-state index in [1.54, 1.807) is 0 Å². The van der Waals surface area contributed by atoms with E-state index < -0.39 is 0 Å². The Morgan fingerprint density at radius 1 is 0.650 bits per heavy atom. The van der Waals surface area contributed by atoms with E-state index in [4.69, 9.17) is 9.47 Å². The molecule has 0 aromatic rings. The van der Waals surface area contributed by atoms with E-state index in [9.17, 15) is 9.59 Å². The van der Waals surface area contributed by atoms with Crippen LogP contribution in [0.3, 0.4) is 0 Å². The maximum Gasteiger partial charge on any atom is 0.330 e. The SMILES string of the molecule is O=C1/C=C\CCCCCC/C=C/C(=O)OCCCCO1. The van der Waals surface area contributed by atoms with Crippen LogP contribution in [0.2, 0.25) is 0 Å². The van der Waals surface area contributed by atoms with E-state index in [1.165, 1.54) is 12.2 Å². The van der Waals surface area contributed by atoms with Gasteiger partial charge in [0.25, 0.3) is 0 Å². The normalized spacial score (nSPS) is 23.8. The zero-order valence-corrected chi connectivity index (χ0v) is 12.0. The van der Waals surface area contributed by atoms with Crippen LogP contribution < -0.4 is 0 Å². The van der Waals surface area contributed by atoms with Crippen LogP contribution in [0.4, 0.5) is 0 Å². The molecule has 0 unspecified atom stereocenters. The summed E-state index contributed by atoms with van der Waals surface area (Å²) in [5.41, 5.74) is 0. The smallest absolute Gasteiger partial charge is 0.330 e. The Labute approximate surface area is 120 Å². The third kappa shape index (κ3) is 9.36. The van der Waals surface area contributed by atoms with Crippen LogP contribution in [-0.2, 0) is 19.1 Å². The predicted octanol–water partition coefficient (Wildman–Crippen LogP) is 3.32. The first kappa shape index (κ1) is 16.5. The molecule has 0 atom stereocenters. The van der Waals surface area contributed by atoms with Crippen LogP contribution in [0.25, 0.3) is 0 Å². The van der Waals surface area contributed by atoms with Crippen LogP contribution in [0.15, 0.2) is 24.3 Å². The number of allylic oxidation sites excluding steroid dienone is 2. The fraction of sp³-hybridized carbons (Fsp3) is 0.625. The Hall–Kier alpha value is -1.58. The van der Waals surface area contributed by atoms with Crippen molar-refractivity contribution in [1.82, 2.24) is 0 Å². The van der Waals surface area contributed by atoms with Crippen LogP contribution in [0, 0.1) is 0 Å². The molecular weight excluding hydrogens is 256 g/mol. The number of carbonyl (C=O) groups is 2. The maximum absolute atomic E-state index is 11.3. The van der Waals surface area contributed by atoms with E-state index >= 15 is 0 Å². The maximum atomic E-state index is 11.3. The summed E-state index contributed by atoms with van der Waals surface area (Å²) in [7, 11) is 0. The molecule has 0 amide bonds. The molecule has 4 nitrogen and oxygen atoms in total. The van der Waals surface area contributed by atoms with Gasteiger partial charge in [-0.1, -0.05) is 25.0 Å². The van der Waals surface area contributed by atoms with Crippen molar-refractivity contribution in [1.29, 1.82) is 0 Å². The van der Waals surface area contributed by atoms with Crippen molar-refractivity contribution in [3.8, 4) is 0 Å². The topological polar surface area (TPSA) is 52.6 Å². The number of carbonyl (C=O) groups excluding carboxylic acids is 2. The first-order valence-electron chi connectivity index (χ1n) is 7.45. The van der Waals surface area contributed by atoms with Crippen molar-refractivity contribution in [3.05, 3.63) is 24.3 Å². The lowest BCUT2D eigenvalue weighted by atomic mass is 10.1. The molecular formula is C16H24O4. The van der Waals surface area contributed by atoms with Gasteiger partial charge in [0, 0.05) is 12.2 Å². The number of rotatable bonds is 0. The van der Waals surface area contributed by atoms with Crippen LogP contribution in [0.5, 0.6) is 0 Å². The highest BCUT2D eigenvalue weighted by atomic mass is 16.5. The first-order chi connectivity index (χ1) is 9.79. The Balaban J connectivity index is 2.32. The van der Waals surface area contributed by atoms with E-state index in [2.05, 4.69) is 0 Å². The molecule has 0 aliphatic carbocycles. The van der Waals surface area contributed by atoms with Crippen molar-refractivity contribution in [2.75, 3.05) is 13.2 Å². The van der Waals surface area contributed by atoms with Gasteiger partial charge in [-0.05, 0) is 38.5 Å². The zero-order valence-electron chi connectivity index (χ0n) is 12.0. The number of hydrogen-bond donors (Lipinski definition) is 0. The summed E-state index contributed by atoms with van der Waals surface area (Å²) < 4.78 is 10.1. The molecule has 0 saturated carbocycles. The summed E-state index contributed by atoms with van der Waals surface area (Å²) in [5, 5.41) is 0. The lowest BCUT2D eigenvalue weighted by molar-refractivity contribution is -0.140. The number of ether oxygens (including phenoxy) is 2. The molecule has 0 aromatic carbocycles. The highest BCUT2D eigenvalue weighted by Gasteiger charge is 1.99. The summed E-state index contributed by atoms with van der Waals surface area (Å²) in [6.45, 7) is 0.743. The average molecular weight is 280 g/mol. The van der Waals surface area contributed by atoms with Gasteiger partial charge >= 0.3 is 11.9 Å². The van der Waals surface area contributed by atoms with Gasteiger partial charge in [0.1, 0.15) is 0 Å². The van der Waals surface area contributed by atoms with Crippen molar-refractivity contribution >= 4 is 11.9 Å². The third-order valence-corrected chi connectivity index (χ3v) is 3.03. The zero-order chi connectivity index (χ0) is 14.5. The summed E-state index contributed by atoms with van der Waals surface area (Å²) in [6, 6.07) is 0. The minimum atomic E-state index is -0.286. The molecule has 4 heteroatoms. The molecule has 20 heavy (non-hydrogen) atoms. The molecule has 0 N–H and O–H groups in total. The first-order valence-corrected chi connectivity index (χ1v) is 7.45. The molecule has 1 aliphatic heterocycles. The molecule has 0 radical (unpaired) electrons. The Bertz CT molecular complexity index is 310. The fourth-order valence-electron chi connectivity index (χ4n) is 1.88. The Kier molecular flexibility index (Phi) is 9.28. The van der Waals surface area contributed by atoms with Gasteiger partial charge in [0.05, 0.1) is 13.2 Å². The second-order valence-corrected chi connectivity index (χ2v) is 4.84. The highest BCUT2D eigenvalue weighted by molar-refractivity contribution is 5.82. The lowest BCUT2D eigenvalue weighted by Crippen LogP contribution is -2.06. The Morgan fingerprint density at radius 3 is 1.55 bits per heavy atom. The largest absolute Gasteiger partial charge is 0.463 e. The van der Waals surface area contributed by atoms with Gasteiger partial charge in [0.2, 0.25) is 0 Å². The predicted molar refractivity (Wildman–Crippen MR) is 77.1 cm³/mol. The molecule has 1 heterocycles. The number of esters is 2. The molecule has 0 bridgehead atoms. The summed E-state index contributed by atoms with van der Waals surface area (Å²) >= 11 is 0. The van der Waals surface area contributed by atoms with Gasteiger partial charge in [-0.2, -0.15) is 0 Å². The molecule has 1 rings (SSSR count). The minimum absolute atomic E-state index is 0.286. The van der Waals surface area contributed by atoms with Crippen molar-refractivity contribution in [2.24, 2.45) is 0 Å². The minimum Gasteiger partial charge on any atom is -0.463 e. The van der Waals surface area contributed by atoms with E-state index in [1.807, 2.05) is 12.2 Å². The summed E-state index contributed by atoms with van der Waals surface area (Å²) in [6.07, 6.45) is 14.4. The summed E-state index contributed by atoms with van der Waals surface area (Å²) in [4.78, 5) is 22.6. The molecule has 112 valence electrons. The molecule has 0 spiro atoms. The van der Waals surface area contributed by atoms with Crippen LogP contribution >= 0.6 is 0 Å². The monoisotopic (exact) mass is 280 g/mol. The molecule has 0 aromatic heterocycles. The van der Waals surface area contributed by atoms with E-state index in [-0.39, 0.29) is 11.9 Å². The standard InChI is InChI=1S/C16H24O4/c17-15-11-7-5-3-1-2-4-6-8-12-16(18)20-14-10-9-13-19-15/h7-8,11-12H,1-6,9-10,13-14H2/b11-7-,12-8+. The van der Waals surface area contributed by atoms with Crippen LogP contribution in [-0.4, -0.2) is 25.2 Å². The fourth-order valence-corrected chi connectivity index (χ4v) is 1.88.